The van der Waals surface area contributed by atoms with Crippen molar-refractivity contribution in [2.24, 2.45) is 11.1 Å². The second-order valence-corrected chi connectivity index (χ2v) is 6.46. The van der Waals surface area contributed by atoms with E-state index >= 15 is 0 Å². The van der Waals surface area contributed by atoms with Crippen molar-refractivity contribution in [3.05, 3.63) is 17.8 Å². The molecule has 2 N–H and O–H groups in total. The van der Waals surface area contributed by atoms with Crippen LogP contribution in [0.25, 0.3) is 0 Å². The fourth-order valence-electron chi connectivity index (χ4n) is 3.08. The van der Waals surface area contributed by atoms with Gasteiger partial charge in [-0.05, 0) is 43.4 Å². The van der Waals surface area contributed by atoms with Gasteiger partial charge in [0.05, 0.1) is 0 Å². The molecule has 1 atom stereocenters. The van der Waals surface area contributed by atoms with Crippen LogP contribution < -0.4 is 10.6 Å². The third-order valence-corrected chi connectivity index (χ3v) is 4.64. The number of aromatic nitrogens is 2. The molecule has 1 amide bonds. The van der Waals surface area contributed by atoms with Gasteiger partial charge in [-0.1, -0.05) is 6.92 Å². The fourth-order valence-corrected chi connectivity index (χ4v) is 3.08. The molecule has 0 aliphatic carbocycles. The zero-order chi connectivity index (χ0) is 14.9. The van der Waals surface area contributed by atoms with Gasteiger partial charge in [-0.3, -0.25) is 4.79 Å². The number of anilines is 1. The first-order chi connectivity index (χ1) is 10.1. The van der Waals surface area contributed by atoms with Gasteiger partial charge >= 0.3 is 0 Å². The Kier molecular flexibility index (Phi) is 7.04. The first-order valence-electron chi connectivity index (χ1n) is 7.69. The van der Waals surface area contributed by atoms with E-state index in [-0.39, 0.29) is 36.1 Å². The Balaban J connectivity index is 0.00000132. The standard InChI is InChI=1S/C15H23N5O.2ClH/c1-15(10-16)6-9-20(11-15)14(21)12-4-5-13(18-17-12)19-7-2-3-8-19;;/h4-5H,2-3,6-11,16H2,1H3;2*1H. The number of nitrogens with zero attached hydrogens (tertiary/aromatic N) is 4. The van der Waals surface area contributed by atoms with Crippen LogP contribution >= 0.6 is 24.8 Å². The summed E-state index contributed by atoms with van der Waals surface area (Å²) in [4.78, 5) is 16.5. The second kappa shape index (κ2) is 8.13. The number of likely N-dealkylation sites (tertiary alicyclic amines) is 1. The Morgan fingerprint density at radius 2 is 1.91 bits per heavy atom. The molecule has 2 saturated heterocycles. The lowest BCUT2D eigenvalue weighted by atomic mass is 9.90. The van der Waals surface area contributed by atoms with Crippen LogP contribution in [-0.2, 0) is 0 Å². The van der Waals surface area contributed by atoms with Crippen molar-refractivity contribution >= 4 is 36.5 Å². The van der Waals surface area contributed by atoms with Gasteiger partial charge in [0.15, 0.2) is 11.5 Å². The predicted molar refractivity (Wildman–Crippen MR) is 95.7 cm³/mol. The number of nitrogens with two attached hydrogens (primary N) is 1. The highest BCUT2D eigenvalue weighted by atomic mass is 35.5. The monoisotopic (exact) mass is 361 g/mol. The fraction of sp³-hybridized carbons (Fsp3) is 0.667. The molecular formula is C15H25Cl2N5O. The second-order valence-electron chi connectivity index (χ2n) is 6.46. The van der Waals surface area contributed by atoms with Crippen molar-refractivity contribution in [1.29, 1.82) is 0 Å². The maximum Gasteiger partial charge on any atom is 0.274 e. The molecule has 1 unspecified atom stereocenters. The highest BCUT2D eigenvalue weighted by Crippen LogP contribution is 2.29. The molecule has 3 rings (SSSR count). The van der Waals surface area contributed by atoms with Crippen LogP contribution in [0.15, 0.2) is 12.1 Å². The maximum atomic E-state index is 12.5. The molecule has 0 spiro atoms. The average molecular weight is 362 g/mol. The van der Waals surface area contributed by atoms with E-state index in [1.165, 1.54) is 12.8 Å². The summed E-state index contributed by atoms with van der Waals surface area (Å²) in [5.41, 5.74) is 6.26. The van der Waals surface area contributed by atoms with Gasteiger partial charge in [0, 0.05) is 26.2 Å². The Hall–Kier alpha value is -1.11. The number of carbonyl (C=O) groups excluding carboxylic acids is 1. The Morgan fingerprint density at radius 1 is 1.22 bits per heavy atom. The van der Waals surface area contributed by atoms with Gasteiger partial charge in [-0.2, -0.15) is 0 Å². The van der Waals surface area contributed by atoms with Gasteiger partial charge in [0.1, 0.15) is 0 Å². The van der Waals surface area contributed by atoms with E-state index in [1.807, 2.05) is 11.0 Å². The first kappa shape index (κ1) is 19.9. The van der Waals surface area contributed by atoms with Crippen LogP contribution in [0.5, 0.6) is 0 Å². The molecule has 0 aromatic carbocycles. The topological polar surface area (TPSA) is 75.3 Å². The predicted octanol–water partition coefficient (Wildman–Crippen LogP) is 1.73. The quantitative estimate of drug-likeness (QED) is 0.886. The van der Waals surface area contributed by atoms with Crippen molar-refractivity contribution < 1.29 is 4.79 Å². The van der Waals surface area contributed by atoms with Gasteiger partial charge in [-0.15, -0.1) is 35.0 Å². The number of hydrogen-bond acceptors (Lipinski definition) is 5. The van der Waals surface area contributed by atoms with Crippen LogP contribution in [0.2, 0.25) is 0 Å². The van der Waals surface area contributed by atoms with Crippen molar-refractivity contribution in [1.82, 2.24) is 15.1 Å². The number of rotatable bonds is 3. The van der Waals surface area contributed by atoms with Crippen LogP contribution in [-0.4, -0.2) is 53.7 Å². The van der Waals surface area contributed by atoms with Gasteiger partial charge in [0.2, 0.25) is 0 Å². The van der Waals surface area contributed by atoms with E-state index in [2.05, 4.69) is 22.0 Å². The van der Waals surface area contributed by atoms with E-state index in [1.54, 1.807) is 6.07 Å². The Bertz CT molecular complexity index is 521. The molecule has 2 aliphatic rings. The first-order valence-corrected chi connectivity index (χ1v) is 7.69. The van der Waals surface area contributed by atoms with E-state index in [0.717, 1.165) is 31.9 Å². The van der Waals surface area contributed by atoms with Crippen molar-refractivity contribution in [2.45, 2.75) is 26.2 Å². The highest BCUT2D eigenvalue weighted by Gasteiger charge is 2.35. The van der Waals surface area contributed by atoms with E-state index in [0.29, 0.717) is 18.8 Å². The van der Waals surface area contributed by atoms with Crippen molar-refractivity contribution in [3.63, 3.8) is 0 Å². The number of carbonyl (C=O) groups is 1. The SMILES string of the molecule is CC1(CN)CCN(C(=O)c2ccc(N3CCCC3)nn2)C1.Cl.Cl. The molecule has 2 fully saturated rings. The molecule has 0 saturated carbocycles. The summed E-state index contributed by atoms with van der Waals surface area (Å²) >= 11 is 0. The Labute approximate surface area is 149 Å². The van der Waals surface area contributed by atoms with Crippen molar-refractivity contribution in [3.8, 4) is 0 Å². The van der Waals surface area contributed by atoms with Crippen LogP contribution in [0, 0.1) is 5.41 Å². The minimum atomic E-state index is -0.0346. The van der Waals surface area contributed by atoms with E-state index in [4.69, 9.17) is 5.73 Å². The summed E-state index contributed by atoms with van der Waals surface area (Å²) in [5, 5.41) is 8.34. The van der Waals surface area contributed by atoms with Crippen LogP contribution in [0.4, 0.5) is 5.82 Å². The molecular weight excluding hydrogens is 337 g/mol. The molecule has 6 nitrogen and oxygen atoms in total. The molecule has 0 bridgehead atoms. The zero-order valence-corrected chi connectivity index (χ0v) is 15.0. The van der Waals surface area contributed by atoms with Crippen LogP contribution in [0.3, 0.4) is 0 Å². The third-order valence-electron chi connectivity index (χ3n) is 4.64. The summed E-state index contributed by atoms with van der Waals surface area (Å²) in [5.74, 6) is 0.838. The molecule has 8 heteroatoms. The lowest BCUT2D eigenvalue weighted by Crippen LogP contribution is -2.35. The number of hydrogen-bond donors (Lipinski definition) is 1. The molecule has 3 heterocycles. The number of halogens is 2. The average Bonchev–Trinajstić information content (AvgIpc) is 3.17. The van der Waals surface area contributed by atoms with Crippen LogP contribution in [0.1, 0.15) is 36.7 Å². The molecule has 23 heavy (non-hydrogen) atoms. The smallest absolute Gasteiger partial charge is 0.274 e. The van der Waals surface area contributed by atoms with Gasteiger partial charge in [0.25, 0.3) is 5.91 Å². The normalized spacial score (nSPS) is 23.4. The third kappa shape index (κ3) is 4.25. The number of amides is 1. The van der Waals surface area contributed by atoms with Crippen molar-refractivity contribution in [2.75, 3.05) is 37.6 Å². The van der Waals surface area contributed by atoms with Gasteiger partial charge < -0.3 is 15.5 Å². The summed E-state index contributed by atoms with van der Waals surface area (Å²) < 4.78 is 0. The summed E-state index contributed by atoms with van der Waals surface area (Å²) in [6, 6.07) is 3.70. The molecule has 0 radical (unpaired) electrons. The largest absolute Gasteiger partial charge is 0.355 e. The molecule has 1 aromatic rings. The molecule has 130 valence electrons. The molecule has 1 aromatic heterocycles. The lowest BCUT2D eigenvalue weighted by molar-refractivity contribution is 0.0770. The minimum Gasteiger partial charge on any atom is -0.355 e. The summed E-state index contributed by atoms with van der Waals surface area (Å²) in [6.07, 6.45) is 3.36. The Morgan fingerprint density at radius 3 is 2.43 bits per heavy atom. The minimum absolute atomic E-state index is 0. The summed E-state index contributed by atoms with van der Waals surface area (Å²) in [7, 11) is 0. The lowest BCUT2D eigenvalue weighted by Gasteiger charge is -2.22. The molecule has 2 aliphatic heterocycles. The van der Waals surface area contributed by atoms with Gasteiger partial charge in [-0.25, -0.2) is 0 Å². The summed E-state index contributed by atoms with van der Waals surface area (Å²) in [6.45, 7) is 6.25. The van der Waals surface area contributed by atoms with E-state index in [9.17, 15) is 4.79 Å². The maximum absolute atomic E-state index is 12.5. The van der Waals surface area contributed by atoms with E-state index < -0.39 is 0 Å². The zero-order valence-electron chi connectivity index (χ0n) is 13.4. The highest BCUT2D eigenvalue weighted by molar-refractivity contribution is 5.92.